The number of nitrogens with zero attached hydrogens (tertiary/aromatic N) is 1. The lowest BCUT2D eigenvalue weighted by atomic mass is 9.85. The van der Waals surface area contributed by atoms with Crippen LogP contribution in [0.1, 0.15) is 18.1 Å². The fraction of sp³-hybridized carbons (Fsp3) is 0.118. The standard InChI is InChI=1S/C17H13F2NO/c1-17(21,12-7-13(18)9-14(19)8-12)16-4-2-3-11-5-6-20-10-15(11)16/h2-10,21H,1H3. The SMILES string of the molecule is CC(O)(c1cc(F)cc(F)c1)c1cccc2ccncc12. The Morgan fingerprint density at radius 1 is 1.05 bits per heavy atom. The summed E-state index contributed by atoms with van der Waals surface area (Å²) in [5, 5.41) is 12.5. The lowest BCUT2D eigenvalue weighted by Crippen LogP contribution is -2.23. The molecule has 2 nitrogen and oxygen atoms in total. The number of pyridine rings is 1. The molecular formula is C17H13F2NO. The van der Waals surface area contributed by atoms with Crippen molar-refractivity contribution in [1.29, 1.82) is 0 Å². The van der Waals surface area contributed by atoms with E-state index in [0.717, 1.165) is 29.0 Å². The van der Waals surface area contributed by atoms with Crippen LogP contribution in [-0.2, 0) is 5.60 Å². The molecule has 0 aliphatic heterocycles. The topological polar surface area (TPSA) is 33.1 Å². The molecule has 1 heterocycles. The number of hydrogen-bond donors (Lipinski definition) is 1. The second kappa shape index (κ2) is 4.90. The first-order chi connectivity index (χ1) is 9.98. The number of benzene rings is 2. The molecule has 0 aliphatic rings. The van der Waals surface area contributed by atoms with Gasteiger partial charge in [0.05, 0.1) is 0 Å². The molecule has 0 aliphatic carbocycles. The summed E-state index contributed by atoms with van der Waals surface area (Å²) in [7, 11) is 0. The van der Waals surface area contributed by atoms with Gasteiger partial charge in [0.1, 0.15) is 17.2 Å². The smallest absolute Gasteiger partial charge is 0.126 e. The second-order valence-corrected chi connectivity index (χ2v) is 5.13. The van der Waals surface area contributed by atoms with Gasteiger partial charge in [-0.1, -0.05) is 18.2 Å². The molecule has 0 amide bonds. The Morgan fingerprint density at radius 3 is 2.48 bits per heavy atom. The summed E-state index contributed by atoms with van der Waals surface area (Å²) < 4.78 is 26.8. The summed E-state index contributed by atoms with van der Waals surface area (Å²) in [6, 6.07) is 10.3. The highest BCUT2D eigenvalue weighted by Gasteiger charge is 2.28. The van der Waals surface area contributed by atoms with Crippen molar-refractivity contribution in [3.8, 4) is 0 Å². The Bertz CT molecular complexity index is 789. The third-order valence-electron chi connectivity index (χ3n) is 3.63. The van der Waals surface area contributed by atoms with Gasteiger partial charge in [0.15, 0.2) is 0 Å². The van der Waals surface area contributed by atoms with Crippen LogP contribution in [0.3, 0.4) is 0 Å². The minimum atomic E-state index is -1.52. The molecule has 0 bridgehead atoms. The molecule has 0 saturated heterocycles. The van der Waals surface area contributed by atoms with E-state index in [9.17, 15) is 13.9 Å². The summed E-state index contributed by atoms with van der Waals surface area (Å²) in [5.74, 6) is -1.44. The number of hydrogen-bond acceptors (Lipinski definition) is 2. The van der Waals surface area contributed by atoms with Crippen LogP contribution in [0.25, 0.3) is 10.8 Å². The number of rotatable bonds is 2. The Labute approximate surface area is 120 Å². The van der Waals surface area contributed by atoms with E-state index in [1.165, 1.54) is 6.92 Å². The quantitative estimate of drug-likeness (QED) is 0.777. The summed E-state index contributed by atoms with van der Waals surface area (Å²) in [4.78, 5) is 4.06. The van der Waals surface area contributed by atoms with Crippen LogP contribution in [0.4, 0.5) is 8.78 Å². The van der Waals surface area contributed by atoms with Crippen molar-refractivity contribution >= 4 is 10.8 Å². The molecular weight excluding hydrogens is 272 g/mol. The van der Waals surface area contributed by atoms with Crippen molar-refractivity contribution in [2.75, 3.05) is 0 Å². The number of fused-ring (bicyclic) bond motifs is 1. The third kappa shape index (κ3) is 2.38. The molecule has 1 atom stereocenters. The number of aromatic nitrogens is 1. The maximum Gasteiger partial charge on any atom is 0.126 e. The normalized spacial score (nSPS) is 14.1. The van der Waals surface area contributed by atoms with E-state index in [1.807, 2.05) is 12.1 Å². The molecule has 1 aromatic heterocycles. The second-order valence-electron chi connectivity index (χ2n) is 5.13. The van der Waals surface area contributed by atoms with Gasteiger partial charge >= 0.3 is 0 Å². The number of halogens is 2. The van der Waals surface area contributed by atoms with Gasteiger partial charge in [0, 0.05) is 23.8 Å². The molecule has 0 radical (unpaired) electrons. The highest BCUT2D eigenvalue weighted by atomic mass is 19.1. The predicted molar refractivity (Wildman–Crippen MR) is 76.8 cm³/mol. The van der Waals surface area contributed by atoms with Gasteiger partial charge in [-0.25, -0.2) is 8.78 Å². The minimum absolute atomic E-state index is 0.163. The summed E-state index contributed by atoms with van der Waals surface area (Å²) in [5.41, 5.74) is -0.805. The van der Waals surface area contributed by atoms with E-state index in [4.69, 9.17) is 0 Å². The van der Waals surface area contributed by atoms with Crippen molar-refractivity contribution < 1.29 is 13.9 Å². The Balaban J connectivity index is 2.24. The third-order valence-corrected chi connectivity index (χ3v) is 3.63. The van der Waals surface area contributed by atoms with Crippen molar-refractivity contribution in [1.82, 2.24) is 4.98 Å². The van der Waals surface area contributed by atoms with E-state index in [0.29, 0.717) is 5.56 Å². The maximum absolute atomic E-state index is 13.4. The monoisotopic (exact) mass is 285 g/mol. The molecule has 0 fully saturated rings. The molecule has 0 saturated carbocycles. The zero-order valence-corrected chi connectivity index (χ0v) is 11.3. The van der Waals surface area contributed by atoms with E-state index in [-0.39, 0.29) is 5.56 Å². The van der Waals surface area contributed by atoms with Crippen LogP contribution in [0.2, 0.25) is 0 Å². The summed E-state index contributed by atoms with van der Waals surface area (Å²) >= 11 is 0. The molecule has 3 rings (SSSR count). The molecule has 1 unspecified atom stereocenters. The Hall–Kier alpha value is -2.33. The molecule has 0 spiro atoms. The molecule has 21 heavy (non-hydrogen) atoms. The van der Waals surface area contributed by atoms with Crippen molar-refractivity contribution in [2.45, 2.75) is 12.5 Å². The van der Waals surface area contributed by atoms with Crippen molar-refractivity contribution in [3.05, 3.63) is 77.6 Å². The van der Waals surface area contributed by atoms with Crippen LogP contribution >= 0.6 is 0 Å². The predicted octanol–water partition coefficient (Wildman–Crippen LogP) is 3.77. The van der Waals surface area contributed by atoms with E-state index in [1.54, 1.807) is 24.5 Å². The molecule has 1 N–H and O–H groups in total. The minimum Gasteiger partial charge on any atom is -0.381 e. The van der Waals surface area contributed by atoms with E-state index in [2.05, 4.69) is 4.98 Å². The lowest BCUT2D eigenvalue weighted by Gasteiger charge is -2.26. The van der Waals surface area contributed by atoms with Crippen LogP contribution in [0.5, 0.6) is 0 Å². The van der Waals surface area contributed by atoms with Gasteiger partial charge in [0.25, 0.3) is 0 Å². The first kappa shape index (κ1) is 13.6. The van der Waals surface area contributed by atoms with E-state index < -0.39 is 17.2 Å². The number of aliphatic hydroxyl groups is 1. The van der Waals surface area contributed by atoms with Crippen LogP contribution in [0, 0.1) is 11.6 Å². The van der Waals surface area contributed by atoms with Crippen LogP contribution in [0.15, 0.2) is 54.9 Å². The Kier molecular flexibility index (Phi) is 3.18. The van der Waals surface area contributed by atoms with E-state index >= 15 is 0 Å². The highest BCUT2D eigenvalue weighted by molar-refractivity contribution is 5.86. The first-order valence-corrected chi connectivity index (χ1v) is 6.50. The Morgan fingerprint density at radius 2 is 1.76 bits per heavy atom. The van der Waals surface area contributed by atoms with Gasteiger partial charge in [-0.15, -0.1) is 0 Å². The fourth-order valence-electron chi connectivity index (χ4n) is 2.53. The van der Waals surface area contributed by atoms with Crippen LogP contribution < -0.4 is 0 Å². The van der Waals surface area contributed by atoms with Gasteiger partial charge < -0.3 is 5.11 Å². The first-order valence-electron chi connectivity index (χ1n) is 6.50. The average Bonchev–Trinajstić information content (AvgIpc) is 2.45. The van der Waals surface area contributed by atoms with Gasteiger partial charge in [-0.3, -0.25) is 4.98 Å². The average molecular weight is 285 g/mol. The molecule has 4 heteroatoms. The fourth-order valence-corrected chi connectivity index (χ4v) is 2.53. The zero-order valence-electron chi connectivity index (χ0n) is 11.3. The van der Waals surface area contributed by atoms with Crippen molar-refractivity contribution in [3.63, 3.8) is 0 Å². The van der Waals surface area contributed by atoms with Gasteiger partial charge in [-0.2, -0.15) is 0 Å². The molecule has 106 valence electrons. The van der Waals surface area contributed by atoms with Crippen LogP contribution in [-0.4, -0.2) is 10.1 Å². The van der Waals surface area contributed by atoms with Crippen molar-refractivity contribution in [2.24, 2.45) is 0 Å². The molecule has 3 aromatic rings. The maximum atomic E-state index is 13.4. The molecule has 2 aromatic carbocycles. The summed E-state index contributed by atoms with van der Waals surface area (Å²) in [6.07, 6.45) is 3.29. The largest absolute Gasteiger partial charge is 0.381 e. The highest BCUT2D eigenvalue weighted by Crippen LogP contribution is 2.34. The van der Waals surface area contributed by atoms with Gasteiger partial charge in [-0.05, 0) is 41.6 Å². The summed E-state index contributed by atoms with van der Waals surface area (Å²) in [6.45, 7) is 1.52. The van der Waals surface area contributed by atoms with Gasteiger partial charge in [0.2, 0.25) is 0 Å². The zero-order chi connectivity index (χ0) is 15.0. The lowest BCUT2D eigenvalue weighted by molar-refractivity contribution is 0.103.